The maximum absolute atomic E-state index is 11.3. The number of amides is 1. The van der Waals surface area contributed by atoms with Crippen LogP contribution in [0.25, 0.3) is 10.9 Å². The summed E-state index contributed by atoms with van der Waals surface area (Å²) in [4.78, 5) is 14.7. The Morgan fingerprint density at radius 1 is 1.53 bits per heavy atom. The minimum Gasteiger partial charge on any atom is -1.00 e. The van der Waals surface area contributed by atoms with Gasteiger partial charge in [-0.05, 0) is 50.1 Å². The number of hydrogen-bond donors (Lipinski definition) is 3. The van der Waals surface area contributed by atoms with Crippen LogP contribution in [0.15, 0.2) is 18.2 Å². The number of nitrogens with one attached hydrogen (secondary N) is 2. The Balaban J connectivity index is 0.000001000. The molecule has 0 fully saturated rings. The van der Waals surface area contributed by atoms with E-state index in [-0.39, 0.29) is 36.9 Å². The average Bonchev–Trinajstić information content (AvgIpc) is 2.75. The minimum atomic E-state index is -0.368. The fourth-order valence-corrected chi connectivity index (χ4v) is 2.82. The van der Waals surface area contributed by atoms with E-state index in [2.05, 4.69) is 10.3 Å². The molecule has 1 atom stereocenters. The second-order valence-corrected chi connectivity index (χ2v) is 4.94. The van der Waals surface area contributed by atoms with Crippen LogP contribution in [-0.2, 0) is 12.8 Å². The van der Waals surface area contributed by atoms with Gasteiger partial charge in [0.1, 0.15) is 0 Å². The van der Waals surface area contributed by atoms with Gasteiger partial charge in [-0.25, -0.2) is 0 Å². The van der Waals surface area contributed by atoms with Gasteiger partial charge in [0.05, 0.1) is 0 Å². The molecule has 19 heavy (non-hydrogen) atoms. The van der Waals surface area contributed by atoms with Crippen molar-refractivity contribution < 1.29 is 35.8 Å². The molecule has 1 aromatic heterocycles. The number of rotatable bonds is 2. The van der Waals surface area contributed by atoms with Gasteiger partial charge in [-0.2, -0.15) is 0 Å². The summed E-state index contributed by atoms with van der Waals surface area (Å²) in [5.74, 6) is -0.368. The summed E-state index contributed by atoms with van der Waals surface area (Å²) in [5, 5.41) is 4.47. The Morgan fingerprint density at radius 3 is 3.00 bits per heavy atom. The normalized spacial score (nSPS) is 17.8. The molecule has 3 rings (SSSR count). The summed E-state index contributed by atoms with van der Waals surface area (Å²) in [6.45, 7) is 0. The van der Waals surface area contributed by atoms with Crippen LogP contribution < -0.4 is 40.6 Å². The predicted octanol–water partition coefficient (Wildman–Crippen LogP) is -1.54. The molecule has 1 aliphatic carbocycles. The van der Waals surface area contributed by atoms with Gasteiger partial charge in [0.25, 0.3) is 0 Å². The quantitative estimate of drug-likeness (QED) is 0.577. The Kier molecular flexibility index (Phi) is 4.36. The maximum atomic E-state index is 11.3. The van der Waals surface area contributed by atoms with Crippen molar-refractivity contribution in [2.24, 2.45) is 5.73 Å². The van der Waals surface area contributed by atoms with Gasteiger partial charge in [0.15, 0.2) is 0 Å². The SMILES string of the molecule is CN[C@@H]1CCc2[nH]c3ccc(C(N)=O)cc3c2C1.[H-].[Na+]. The number of aromatic amines is 1. The van der Waals surface area contributed by atoms with Crippen molar-refractivity contribution in [2.45, 2.75) is 25.3 Å². The van der Waals surface area contributed by atoms with E-state index in [1.807, 2.05) is 19.2 Å². The third kappa shape index (κ3) is 2.58. The molecule has 1 heterocycles. The van der Waals surface area contributed by atoms with Crippen LogP contribution in [0.2, 0.25) is 0 Å². The fraction of sp³-hybridized carbons (Fsp3) is 0.357. The van der Waals surface area contributed by atoms with E-state index >= 15 is 0 Å². The standard InChI is InChI=1S/C14H17N3O.Na.H/c1-16-9-3-5-13-11(7-9)10-6-8(14(15)18)2-4-12(10)17-13;;/h2,4,6,9,16-17H,3,5,7H2,1H3,(H2,15,18);;/q;+1;-1/t9-;;/m1../s1. The summed E-state index contributed by atoms with van der Waals surface area (Å²) in [7, 11) is 2.00. The van der Waals surface area contributed by atoms with Crippen LogP contribution in [0.5, 0.6) is 0 Å². The van der Waals surface area contributed by atoms with E-state index in [4.69, 9.17) is 5.73 Å². The van der Waals surface area contributed by atoms with Crippen molar-refractivity contribution in [3.63, 3.8) is 0 Å². The molecule has 0 radical (unpaired) electrons. The van der Waals surface area contributed by atoms with E-state index in [9.17, 15) is 4.79 Å². The summed E-state index contributed by atoms with van der Waals surface area (Å²) in [6.07, 6.45) is 3.22. The van der Waals surface area contributed by atoms with Crippen LogP contribution in [0.4, 0.5) is 0 Å². The molecule has 5 heteroatoms. The summed E-state index contributed by atoms with van der Waals surface area (Å²) in [6, 6.07) is 6.16. The predicted molar refractivity (Wildman–Crippen MR) is 72.8 cm³/mol. The molecular weight excluding hydrogens is 249 g/mol. The summed E-state index contributed by atoms with van der Waals surface area (Å²) in [5.41, 5.74) is 9.66. The van der Waals surface area contributed by atoms with Crippen LogP contribution in [-0.4, -0.2) is 24.0 Å². The monoisotopic (exact) mass is 267 g/mol. The van der Waals surface area contributed by atoms with Crippen LogP contribution in [0.3, 0.4) is 0 Å². The van der Waals surface area contributed by atoms with Gasteiger partial charge in [-0.3, -0.25) is 4.79 Å². The maximum Gasteiger partial charge on any atom is 1.00 e. The number of likely N-dealkylation sites (N-methyl/N-ethyl adjacent to an activating group) is 1. The zero-order chi connectivity index (χ0) is 12.7. The Labute approximate surface area is 135 Å². The van der Waals surface area contributed by atoms with Crippen LogP contribution >= 0.6 is 0 Å². The third-order valence-electron chi connectivity index (χ3n) is 3.88. The molecule has 1 aromatic carbocycles. The van der Waals surface area contributed by atoms with Crippen LogP contribution in [0, 0.1) is 0 Å². The number of primary amides is 1. The van der Waals surface area contributed by atoms with Crippen molar-refractivity contribution in [2.75, 3.05) is 7.05 Å². The number of benzene rings is 1. The number of hydrogen-bond acceptors (Lipinski definition) is 2. The van der Waals surface area contributed by atoms with Gasteiger partial charge in [0.2, 0.25) is 5.91 Å². The summed E-state index contributed by atoms with van der Waals surface area (Å²) >= 11 is 0. The smallest absolute Gasteiger partial charge is 1.00 e. The molecule has 96 valence electrons. The molecule has 2 aromatic rings. The Bertz CT molecular complexity index is 626. The topological polar surface area (TPSA) is 70.9 Å². The first-order valence-electron chi connectivity index (χ1n) is 6.29. The first-order valence-corrected chi connectivity index (χ1v) is 6.29. The van der Waals surface area contributed by atoms with Crippen molar-refractivity contribution in [3.05, 3.63) is 35.0 Å². The molecule has 0 spiro atoms. The van der Waals surface area contributed by atoms with E-state index < -0.39 is 0 Å². The van der Waals surface area contributed by atoms with Gasteiger partial charge in [0, 0.05) is 28.2 Å². The number of carbonyl (C=O) groups excluding carboxylic acids is 1. The number of nitrogens with two attached hydrogens (primary N) is 1. The first kappa shape index (κ1) is 14.6. The first-order chi connectivity index (χ1) is 8.69. The molecule has 0 saturated carbocycles. The minimum absolute atomic E-state index is 0. The fourth-order valence-electron chi connectivity index (χ4n) is 2.82. The molecule has 0 aliphatic heterocycles. The van der Waals surface area contributed by atoms with Gasteiger partial charge >= 0.3 is 29.6 Å². The Morgan fingerprint density at radius 2 is 2.32 bits per heavy atom. The number of aromatic nitrogens is 1. The number of aryl methyl sites for hydroxylation is 1. The van der Waals surface area contributed by atoms with E-state index in [0.717, 1.165) is 30.2 Å². The molecule has 0 bridgehead atoms. The number of fused-ring (bicyclic) bond motifs is 3. The average molecular weight is 267 g/mol. The zero-order valence-electron chi connectivity index (χ0n) is 12.4. The third-order valence-corrected chi connectivity index (χ3v) is 3.88. The largest absolute Gasteiger partial charge is 1.00 e. The summed E-state index contributed by atoms with van der Waals surface area (Å²) < 4.78 is 0. The van der Waals surface area contributed by atoms with Crippen molar-refractivity contribution in [1.82, 2.24) is 10.3 Å². The van der Waals surface area contributed by atoms with Gasteiger partial charge < -0.3 is 17.5 Å². The van der Waals surface area contributed by atoms with Crippen molar-refractivity contribution in [3.8, 4) is 0 Å². The van der Waals surface area contributed by atoms with Crippen LogP contribution in [0.1, 0.15) is 29.5 Å². The van der Waals surface area contributed by atoms with E-state index in [1.54, 1.807) is 6.07 Å². The molecule has 0 unspecified atom stereocenters. The molecule has 4 N–H and O–H groups in total. The number of carbonyl (C=O) groups is 1. The van der Waals surface area contributed by atoms with Gasteiger partial charge in [-0.1, -0.05) is 0 Å². The molecule has 1 amide bonds. The molecule has 0 saturated heterocycles. The molecule has 4 nitrogen and oxygen atoms in total. The Hall–Kier alpha value is -0.810. The van der Waals surface area contributed by atoms with E-state index in [1.165, 1.54) is 11.3 Å². The second-order valence-electron chi connectivity index (χ2n) is 4.94. The van der Waals surface area contributed by atoms with Crippen molar-refractivity contribution in [1.29, 1.82) is 0 Å². The second kappa shape index (κ2) is 5.67. The zero-order valence-corrected chi connectivity index (χ0v) is 13.4. The molecule has 1 aliphatic rings. The van der Waals surface area contributed by atoms with E-state index in [0.29, 0.717) is 11.6 Å². The number of H-pyrrole nitrogens is 1. The molecular formula is C14H18N3NaO. The van der Waals surface area contributed by atoms with Gasteiger partial charge in [-0.15, -0.1) is 0 Å². The van der Waals surface area contributed by atoms with Crippen molar-refractivity contribution >= 4 is 16.8 Å².